The highest BCUT2D eigenvalue weighted by Crippen LogP contribution is 2.58. The number of likely N-dealkylation sites (tertiary alicyclic amines) is 1. The first kappa shape index (κ1) is 18.2. The second-order valence-electron chi connectivity index (χ2n) is 8.25. The molecule has 2 N–H and O–H groups in total. The van der Waals surface area contributed by atoms with Gasteiger partial charge in [0.1, 0.15) is 6.23 Å². The van der Waals surface area contributed by atoms with Crippen LogP contribution in [0, 0.1) is 11.3 Å². The lowest BCUT2D eigenvalue weighted by Crippen LogP contribution is -2.48. The van der Waals surface area contributed by atoms with Crippen molar-refractivity contribution in [2.45, 2.75) is 39.3 Å². The Morgan fingerprint density at radius 1 is 1.12 bits per heavy atom. The van der Waals surface area contributed by atoms with Crippen molar-refractivity contribution < 1.29 is 5.11 Å². The van der Waals surface area contributed by atoms with Crippen LogP contribution in [0.15, 0.2) is 12.3 Å². The summed E-state index contributed by atoms with van der Waals surface area (Å²) in [5, 5.41) is 12.6. The van der Waals surface area contributed by atoms with Gasteiger partial charge in [-0.2, -0.15) is 0 Å². The Hall–Kier alpha value is -0.620. The lowest BCUT2D eigenvalue weighted by atomic mass is 9.91. The van der Waals surface area contributed by atoms with E-state index in [0.717, 1.165) is 25.6 Å². The molecule has 0 radical (unpaired) electrons. The number of aliphatic hydroxyl groups excluding tert-OH is 1. The highest BCUT2D eigenvalue weighted by Gasteiger charge is 2.54. The van der Waals surface area contributed by atoms with E-state index in [1.807, 2.05) is 6.92 Å². The summed E-state index contributed by atoms with van der Waals surface area (Å²) in [6.07, 6.45) is 3.70. The van der Waals surface area contributed by atoms with Gasteiger partial charge in [0.15, 0.2) is 0 Å². The standard InChI is InChI=1S/C19H36N4O/c1-16(2)23-12-10-22(11-13-23)9-8-21-6-4-19(5-7-21)14-18(19)15-20-17(3)24/h17-18,20,24H,1,4-15H2,2-3H3. The third-order valence-corrected chi connectivity index (χ3v) is 6.51. The van der Waals surface area contributed by atoms with Crippen molar-refractivity contribution in [3.05, 3.63) is 12.3 Å². The molecule has 0 amide bonds. The van der Waals surface area contributed by atoms with Crippen LogP contribution < -0.4 is 5.32 Å². The van der Waals surface area contributed by atoms with Crippen LogP contribution in [0.3, 0.4) is 0 Å². The van der Waals surface area contributed by atoms with Crippen molar-refractivity contribution in [3.63, 3.8) is 0 Å². The second kappa shape index (κ2) is 7.73. The topological polar surface area (TPSA) is 42.0 Å². The van der Waals surface area contributed by atoms with Crippen LogP contribution in [0.2, 0.25) is 0 Å². The Bertz CT molecular complexity index is 423. The Kier molecular flexibility index (Phi) is 5.85. The minimum atomic E-state index is -0.368. The number of rotatable bonds is 7. The quantitative estimate of drug-likeness (QED) is 0.683. The van der Waals surface area contributed by atoms with E-state index >= 15 is 0 Å². The molecule has 5 nitrogen and oxygen atoms in total. The molecule has 1 spiro atoms. The van der Waals surface area contributed by atoms with Crippen LogP contribution in [-0.4, -0.2) is 84.9 Å². The Morgan fingerprint density at radius 3 is 2.25 bits per heavy atom. The van der Waals surface area contributed by atoms with Gasteiger partial charge in [0, 0.05) is 51.5 Å². The lowest BCUT2D eigenvalue weighted by molar-refractivity contribution is 0.113. The number of allylic oxidation sites excluding steroid dienone is 1. The summed E-state index contributed by atoms with van der Waals surface area (Å²) < 4.78 is 0. The predicted octanol–water partition coefficient (Wildman–Crippen LogP) is 1.17. The van der Waals surface area contributed by atoms with Crippen LogP contribution in [0.1, 0.15) is 33.1 Å². The third-order valence-electron chi connectivity index (χ3n) is 6.51. The molecule has 2 atom stereocenters. The first-order chi connectivity index (χ1) is 11.5. The zero-order valence-electron chi connectivity index (χ0n) is 15.6. The summed E-state index contributed by atoms with van der Waals surface area (Å²) in [7, 11) is 0. The molecule has 2 unspecified atom stereocenters. The van der Waals surface area contributed by atoms with E-state index in [2.05, 4.69) is 33.5 Å². The maximum Gasteiger partial charge on any atom is 0.102 e. The van der Waals surface area contributed by atoms with E-state index in [1.165, 1.54) is 64.2 Å². The van der Waals surface area contributed by atoms with E-state index < -0.39 is 0 Å². The number of nitrogens with zero attached hydrogens (tertiary/aromatic N) is 3. The van der Waals surface area contributed by atoms with Crippen LogP contribution >= 0.6 is 0 Å². The van der Waals surface area contributed by atoms with Crippen LogP contribution in [0.25, 0.3) is 0 Å². The molecule has 0 aromatic heterocycles. The second-order valence-corrected chi connectivity index (χ2v) is 8.25. The molecular formula is C19H36N4O. The summed E-state index contributed by atoms with van der Waals surface area (Å²) in [6.45, 7) is 18.6. The molecule has 1 saturated carbocycles. The fourth-order valence-electron chi connectivity index (χ4n) is 4.50. The van der Waals surface area contributed by atoms with Crippen molar-refractivity contribution in [2.24, 2.45) is 11.3 Å². The summed E-state index contributed by atoms with van der Waals surface area (Å²) in [5.41, 5.74) is 1.81. The number of piperazine rings is 1. The first-order valence-electron chi connectivity index (χ1n) is 9.75. The number of aliphatic hydroxyl groups is 1. The first-order valence-corrected chi connectivity index (χ1v) is 9.75. The molecule has 2 aliphatic heterocycles. The maximum absolute atomic E-state index is 9.37. The third kappa shape index (κ3) is 4.51. The number of piperidine rings is 1. The normalized spacial score (nSPS) is 29.0. The van der Waals surface area contributed by atoms with Crippen LogP contribution in [-0.2, 0) is 0 Å². The van der Waals surface area contributed by atoms with Gasteiger partial charge < -0.3 is 14.9 Å². The molecule has 3 aliphatic rings. The van der Waals surface area contributed by atoms with Gasteiger partial charge in [-0.15, -0.1) is 0 Å². The Morgan fingerprint density at radius 2 is 1.71 bits per heavy atom. The van der Waals surface area contributed by atoms with Gasteiger partial charge in [0.25, 0.3) is 0 Å². The van der Waals surface area contributed by atoms with Gasteiger partial charge in [-0.25, -0.2) is 0 Å². The molecule has 2 heterocycles. The molecule has 3 rings (SSSR count). The molecule has 138 valence electrons. The molecule has 3 fully saturated rings. The molecule has 0 bridgehead atoms. The van der Waals surface area contributed by atoms with Gasteiger partial charge in [-0.05, 0) is 57.5 Å². The molecular weight excluding hydrogens is 300 g/mol. The van der Waals surface area contributed by atoms with Crippen molar-refractivity contribution in [1.82, 2.24) is 20.0 Å². The zero-order valence-corrected chi connectivity index (χ0v) is 15.6. The van der Waals surface area contributed by atoms with Crippen molar-refractivity contribution in [1.29, 1.82) is 0 Å². The lowest BCUT2D eigenvalue weighted by Gasteiger charge is -2.38. The summed E-state index contributed by atoms with van der Waals surface area (Å²) in [6, 6.07) is 0. The molecule has 5 heteroatoms. The zero-order chi connectivity index (χ0) is 17.2. The summed E-state index contributed by atoms with van der Waals surface area (Å²) >= 11 is 0. The molecule has 0 aromatic carbocycles. The fraction of sp³-hybridized carbons (Fsp3) is 0.895. The average molecular weight is 337 g/mol. The minimum absolute atomic E-state index is 0.368. The van der Waals surface area contributed by atoms with E-state index in [4.69, 9.17) is 0 Å². The van der Waals surface area contributed by atoms with Gasteiger partial charge >= 0.3 is 0 Å². The monoisotopic (exact) mass is 336 g/mol. The highest BCUT2D eigenvalue weighted by molar-refractivity contribution is 5.05. The predicted molar refractivity (Wildman–Crippen MR) is 98.7 cm³/mol. The maximum atomic E-state index is 9.37. The summed E-state index contributed by atoms with van der Waals surface area (Å²) in [4.78, 5) is 7.67. The van der Waals surface area contributed by atoms with E-state index in [9.17, 15) is 5.11 Å². The smallest absolute Gasteiger partial charge is 0.102 e. The van der Waals surface area contributed by atoms with E-state index in [-0.39, 0.29) is 6.23 Å². The van der Waals surface area contributed by atoms with Crippen molar-refractivity contribution in [3.8, 4) is 0 Å². The number of hydrogen-bond acceptors (Lipinski definition) is 5. The van der Waals surface area contributed by atoms with Gasteiger partial charge in [0.05, 0.1) is 0 Å². The molecule has 1 aliphatic carbocycles. The minimum Gasteiger partial charge on any atom is -0.379 e. The van der Waals surface area contributed by atoms with Gasteiger partial charge in [0.2, 0.25) is 0 Å². The Balaban J connectivity index is 1.30. The molecule has 0 aromatic rings. The largest absolute Gasteiger partial charge is 0.379 e. The summed E-state index contributed by atoms with van der Waals surface area (Å²) in [5.74, 6) is 0.796. The highest BCUT2D eigenvalue weighted by atomic mass is 16.3. The van der Waals surface area contributed by atoms with Crippen LogP contribution in [0.4, 0.5) is 0 Å². The average Bonchev–Trinajstić information content (AvgIpc) is 3.25. The molecule has 24 heavy (non-hydrogen) atoms. The van der Waals surface area contributed by atoms with Crippen molar-refractivity contribution in [2.75, 3.05) is 58.9 Å². The number of nitrogens with one attached hydrogen (secondary N) is 1. The SMILES string of the molecule is C=C(C)N1CCN(CCN2CCC3(CC2)CC3CNC(C)O)CC1. The van der Waals surface area contributed by atoms with Gasteiger partial charge in [-0.1, -0.05) is 6.58 Å². The van der Waals surface area contributed by atoms with Gasteiger partial charge in [-0.3, -0.25) is 10.2 Å². The molecule has 2 saturated heterocycles. The van der Waals surface area contributed by atoms with Crippen LogP contribution in [0.5, 0.6) is 0 Å². The number of hydrogen-bond donors (Lipinski definition) is 2. The van der Waals surface area contributed by atoms with Crippen molar-refractivity contribution >= 4 is 0 Å². The fourth-order valence-corrected chi connectivity index (χ4v) is 4.50. The van der Waals surface area contributed by atoms with E-state index in [1.54, 1.807) is 0 Å². The van der Waals surface area contributed by atoms with E-state index in [0.29, 0.717) is 5.41 Å². The Labute approximate surface area is 147 Å².